The van der Waals surface area contributed by atoms with E-state index in [0.717, 1.165) is 19.4 Å². The third-order valence-corrected chi connectivity index (χ3v) is 5.39. The Hall–Kier alpha value is -3.36. The predicted octanol–water partition coefficient (Wildman–Crippen LogP) is 5.51. The van der Waals surface area contributed by atoms with Crippen LogP contribution in [-0.4, -0.2) is 36.7 Å². The molecule has 2 aromatic heterocycles. The molecule has 4 rings (SSSR count). The Morgan fingerprint density at radius 3 is 2.00 bits per heavy atom. The van der Waals surface area contributed by atoms with Gasteiger partial charge in [-0.3, -0.25) is 9.59 Å². The van der Waals surface area contributed by atoms with Gasteiger partial charge in [0.15, 0.2) is 17.4 Å². The summed E-state index contributed by atoms with van der Waals surface area (Å²) < 4.78 is 35.9. The molecule has 0 saturated heterocycles. The van der Waals surface area contributed by atoms with E-state index in [4.69, 9.17) is 8.83 Å². The summed E-state index contributed by atoms with van der Waals surface area (Å²) in [6.07, 6.45) is 1.05. The van der Waals surface area contributed by atoms with Crippen LogP contribution in [0.3, 0.4) is 0 Å². The molecule has 0 bridgehead atoms. The molecule has 0 aliphatic heterocycles. The number of rotatable bonds is 8. The fourth-order valence-corrected chi connectivity index (χ4v) is 3.60. The molecule has 2 N–H and O–H groups in total. The SMILES string of the molecule is CCNC(C)C(=O)c1ccc2c(F)coc2c1.CCNC(C)C(=O)c1ccc2cc(F)oc2c1. The minimum Gasteiger partial charge on any atom is -0.461 e. The average molecular weight is 471 g/mol. The number of benzene rings is 2. The molecule has 0 aliphatic rings. The summed E-state index contributed by atoms with van der Waals surface area (Å²) in [6, 6.07) is 9.89. The van der Waals surface area contributed by atoms with E-state index in [-0.39, 0.29) is 23.7 Å². The number of nitrogens with one attached hydrogen (secondary N) is 2. The van der Waals surface area contributed by atoms with Crippen molar-refractivity contribution < 1.29 is 27.2 Å². The van der Waals surface area contributed by atoms with Gasteiger partial charge in [-0.2, -0.15) is 4.39 Å². The minimum atomic E-state index is -0.635. The molecule has 0 spiro atoms. The Balaban J connectivity index is 0.000000191. The monoisotopic (exact) mass is 470 g/mol. The molecule has 0 amide bonds. The molecule has 4 aromatic rings. The van der Waals surface area contributed by atoms with E-state index in [9.17, 15) is 18.4 Å². The molecule has 180 valence electrons. The second-order valence-corrected chi connectivity index (χ2v) is 7.88. The summed E-state index contributed by atoms with van der Waals surface area (Å²) in [5.41, 5.74) is 1.86. The van der Waals surface area contributed by atoms with Gasteiger partial charge < -0.3 is 19.5 Å². The van der Waals surface area contributed by atoms with E-state index in [1.165, 1.54) is 6.07 Å². The lowest BCUT2D eigenvalue weighted by Gasteiger charge is -2.10. The molecular weight excluding hydrogens is 442 g/mol. The van der Waals surface area contributed by atoms with Gasteiger partial charge in [0.05, 0.1) is 17.5 Å². The molecular formula is C26H28F2N2O4. The van der Waals surface area contributed by atoms with Gasteiger partial charge in [-0.1, -0.05) is 32.0 Å². The van der Waals surface area contributed by atoms with Crippen LogP contribution in [0.2, 0.25) is 0 Å². The van der Waals surface area contributed by atoms with Crippen molar-refractivity contribution in [2.75, 3.05) is 13.1 Å². The lowest BCUT2D eigenvalue weighted by Crippen LogP contribution is -2.33. The number of carbonyl (C=O) groups excluding carboxylic acids is 2. The third kappa shape index (κ3) is 5.76. The lowest BCUT2D eigenvalue weighted by atomic mass is 10.0. The topological polar surface area (TPSA) is 84.5 Å². The number of hydrogen-bond acceptors (Lipinski definition) is 6. The fraction of sp³-hybridized carbons (Fsp3) is 0.308. The Morgan fingerprint density at radius 2 is 1.41 bits per heavy atom. The molecule has 2 unspecified atom stereocenters. The van der Waals surface area contributed by atoms with Gasteiger partial charge in [0.25, 0.3) is 6.01 Å². The van der Waals surface area contributed by atoms with Crippen LogP contribution in [0.5, 0.6) is 0 Å². The number of ketones is 2. The second-order valence-electron chi connectivity index (χ2n) is 7.88. The Kier molecular flexibility index (Phi) is 8.31. The van der Waals surface area contributed by atoms with E-state index in [2.05, 4.69) is 10.6 Å². The summed E-state index contributed by atoms with van der Waals surface area (Å²) in [7, 11) is 0. The molecule has 0 radical (unpaired) electrons. The maximum atomic E-state index is 13.2. The average Bonchev–Trinajstić information content (AvgIpc) is 3.39. The summed E-state index contributed by atoms with van der Waals surface area (Å²) >= 11 is 0. The predicted molar refractivity (Wildman–Crippen MR) is 127 cm³/mol. The van der Waals surface area contributed by atoms with Gasteiger partial charge in [-0.15, -0.1) is 0 Å². The Labute approximate surface area is 196 Å². The molecule has 2 aromatic carbocycles. The van der Waals surface area contributed by atoms with Gasteiger partial charge in [0.1, 0.15) is 17.4 Å². The molecule has 34 heavy (non-hydrogen) atoms. The molecule has 0 fully saturated rings. The number of carbonyl (C=O) groups is 2. The van der Waals surface area contributed by atoms with Crippen LogP contribution in [-0.2, 0) is 0 Å². The van der Waals surface area contributed by atoms with Crippen molar-refractivity contribution in [3.8, 4) is 0 Å². The Morgan fingerprint density at radius 1 is 0.853 bits per heavy atom. The van der Waals surface area contributed by atoms with Gasteiger partial charge >= 0.3 is 0 Å². The minimum absolute atomic E-state index is 0.0226. The standard InChI is InChI=1S/2C13H14FNO2/c1-3-15-8(2)13(16)10-5-4-9-7-12(14)17-11(9)6-10;1-3-15-8(2)13(16)9-4-5-10-11(14)7-17-12(10)6-9/h2*4-8,15H,3H2,1-2H3. The quantitative estimate of drug-likeness (QED) is 0.331. The van der Waals surface area contributed by atoms with Gasteiger partial charge in [-0.05, 0) is 45.1 Å². The summed E-state index contributed by atoms with van der Waals surface area (Å²) in [5, 5.41) is 7.15. The van der Waals surface area contributed by atoms with Crippen LogP contribution in [0.1, 0.15) is 48.4 Å². The first kappa shape index (κ1) is 25.3. The smallest absolute Gasteiger partial charge is 0.278 e. The van der Waals surface area contributed by atoms with Gasteiger partial charge in [0.2, 0.25) is 0 Å². The fourth-order valence-electron chi connectivity index (χ4n) is 3.60. The number of fused-ring (bicyclic) bond motifs is 2. The molecule has 6 nitrogen and oxygen atoms in total. The number of likely N-dealkylation sites (N-methyl/N-ethyl adjacent to an activating group) is 2. The third-order valence-electron chi connectivity index (χ3n) is 5.39. The van der Waals surface area contributed by atoms with E-state index in [0.29, 0.717) is 33.1 Å². The highest BCUT2D eigenvalue weighted by atomic mass is 19.1. The summed E-state index contributed by atoms with van der Waals surface area (Å²) in [5.74, 6) is -0.449. The molecule has 0 aliphatic carbocycles. The van der Waals surface area contributed by atoms with Crippen LogP contribution < -0.4 is 10.6 Å². The maximum absolute atomic E-state index is 13.2. The van der Waals surface area contributed by atoms with Crippen molar-refractivity contribution in [2.24, 2.45) is 0 Å². The largest absolute Gasteiger partial charge is 0.461 e. The molecule has 8 heteroatoms. The van der Waals surface area contributed by atoms with Crippen molar-refractivity contribution >= 4 is 33.5 Å². The van der Waals surface area contributed by atoms with E-state index in [1.807, 2.05) is 13.8 Å². The first-order valence-corrected chi connectivity index (χ1v) is 11.2. The van der Waals surface area contributed by atoms with Crippen LogP contribution in [0.25, 0.3) is 21.9 Å². The zero-order valence-corrected chi connectivity index (χ0v) is 19.6. The molecule has 0 saturated carbocycles. The number of hydrogen-bond donors (Lipinski definition) is 2. The van der Waals surface area contributed by atoms with Crippen molar-refractivity contribution in [1.82, 2.24) is 10.6 Å². The van der Waals surface area contributed by atoms with Gasteiger partial charge in [-0.25, -0.2) is 4.39 Å². The number of furan rings is 2. The zero-order valence-electron chi connectivity index (χ0n) is 19.6. The normalized spacial score (nSPS) is 12.9. The highest BCUT2D eigenvalue weighted by Gasteiger charge is 2.16. The first-order chi connectivity index (χ1) is 16.2. The number of halogens is 2. The van der Waals surface area contributed by atoms with Crippen LogP contribution in [0.4, 0.5) is 8.78 Å². The highest BCUT2D eigenvalue weighted by molar-refractivity contribution is 6.02. The summed E-state index contributed by atoms with van der Waals surface area (Å²) in [6.45, 7) is 8.94. The molecule has 2 heterocycles. The van der Waals surface area contributed by atoms with Crippen molar-refractivity contribution in [1.29, 1.82) is 0 Å². The first-order valence-electron chi connectivity index (χ1n) is 11.2. The van der Waals surface area contributed by atoms with Crippen LogP contribution in [0, 0.1) is 11.8 Å². The zero-order chi connectivity index (χ0) is 24.8. The molecule has 2 atom stereocenters. The summed E-state index contributed by atoms with van der Waals surface area (Å²) in [4.78, 5) is 24.0. The van der Waals surface area contributed by atoms with E-state index < -0.39 is 11.8 Å². The van der Waals surface area contributed by atoms with Crippen molar-refractivity contribution in [2.45, 2.75) is 39.8 Å². The number of Topliss-reactive ketones (excluding diaryl/α,β-unsaturated/α-hetero) is 2. The second kappa shape index (κ2) is 11.2. The highest BCUT2D eigenvalue weighted by Crippen LogP contribution is 2.22. The lowest BCUT2D eigenvalue weighted by molar-refractivity contribution is 0.0945. The van der Waals surface area contributed by atoms with Crippen LogP contribution >= 0.6 is 0 Å². The van der Waals surface area contributed by atoms with Crippen LogP contribution in [0.15, 0.2) is 57.6 Å². The van der Waals surface area contributed by atoms with E-state index in [1.54, 1.807) is 50.2 Å². The maximum Gasteiger partial charge on any atom is 0.278 e. The van der Waals surface area contributed by atoms with E-state index >= 15 is 0 Å². The van der Waals surface area contributed by atoms with Gasteiger partial charge in [0, 0.05) is 22.6 Å². The van der Waals surface area contributed by atoms with Crippen molar-refractivity contribution in [3.63, 3.8) is 0 Å². The van der Waals surface area contributed by atoms with Crippen molar-refractivity contribution in [3.05, 3.63) is 71.7 Å². The Bertz CT molecular complexity index is 1260.